The van der Waals surface area contributed by atoms with Gasteiger partial charge in [0.05, 0.1) is 39.8 Å². The zero-order valence-electron chi connectivity index (χ0n) is 26.4. The van der Waals surface area contributed by atoms with Crippen LogP contribution < -0.4 is 15.4 Å². The molecule has 13 heteroatoms. The molecule has 0 unspecified atom stereocenters. The lowest BCUT2D eigenvalue weighted by Crippen LogP contribution is -2.71. The van der Waals surface area contributed by atoms with Crippen molar-refractivity contribution in [3.63, 3.8) is 0 Å². The fraction of sp³-hybridized carbons (Fsp3) is 0.353. The molecule has 2 amide bonds. The summed E-state index contributed by atoms with van der Waals surface area (Å²) in [6.45, 7) is 4.98. The van der Waals surface area contributed by atoms with Crippen molar-refractivity contribution >= 4 is 40.9 Å². The highest BCUT2D eigenvalue weighted by atomic mass is 35.5. The molecule has 2 aromatic heterocycles. The van der Waals surface area contributed by atoms with Crippen molar-refractivity contribution in [1.82, 2.24) is 29.7 Å². The van der Waals surface area contributed by atoms with Crippen LogP contribution in [0.4, 0.5) is 10.5 Å². The number of halogens is 2. The molecule has 3 aliphatic heterocycles. The zero-order chi connectivity index (χ0) is 32.9. The van der Waals surface area contributed by atoms with Gasteiger partial charge in [-0.3, -0.25) is 4.79 Å². The second kappa shape index (κ2) is 12.5. The molecule has 0 bridgehead atoms. The second-order valence-corrected chi connectivity index (χ2v) is 13.3. The van der Waals surface area contributed by atoms with Crippen LogP contribution in [0.2, 0.25) is 10.0 Å². The van der Waals surface area contributed by atoms with E-state index in [1.54, 1.807) is 11.0 Å². The number of likely N-dealkylation sites (tertiary alicyclic amines) is 1. The Morgan fingerprint density at radius 3 is 2.43 bits per heavy atom. The minimum absolute atomic E-state index is 0.0386. The average Bonchev–Trinajstić information content (AvgIpc) is 3.35. The maximum atomic E-state index is 13.4. The van der Waals surface area contributed by atoms with Gasteiger partial charge in [0.25, 0.3) is 5.91 Å². The predicted molar refractivity (Wildman–Crippen MR) is 180 cm³/mol. The smallest absolute Gasteiger partial charge is 0.410 e. The summed E-state index contributed by atoms with van der Waals surface area (Å²) in [4.78, 5) is 39.1. The SMILES string of the molecule is COc1nc(-c2cccc(-c3cccc(NC(=O)c4nc5c(n4C)CCN(C)C5)c3Cl)c2Cl)ccc1COC(=O)N1CC2(CNC2)C1. The van der Waals surface area contributed by atoms with Crippen molar-refractivity contribution in [2.24, 2.45) is 12.5 Å². The fourth-order valence-electron chi connectivity index (χ4n) is 6.55. The van der Waals surface area contributed by atoms with Crippen molar-refractivity contribution in [2.75, 3.05) is 52.2 Å². The molecular weight excluding hydrogens is 641 g/mol. The molecule has 1 spiro atoms. The average molecular weight is 677 g/mol. The summed E-state index contributed by atoms with van der Waals surface area (Å²) >= 11 is 13.9. The number of rotatable bonds is 7. The Labute approximate surface area is 282 Å². The monoisotopic (exact) mass is 675 g/mol. The third-order valence-electron chi connectivity index (χ3n) is 9.26. The summed E-state index contributed by atoms with van der Waals surface area (Å²) < 4.78 is 13.0. The molecule has 5 heterocycles. The molecular formula is C34H35Cl2N7O4. The van der Waals surface area contributed by atoms with Crippen LogP contribution in [0.1, 0.15) is 27.6 Å². The van der Waals surface area contributed by atoms with Gasteiger partial charge in [-0.25, -0.2) is 14.8 Å². The molecule has 0 radical (unpaired) electrons. The van der Waals surface area contributed by atoms with Crippen LogP contribution in [0.15, 0.2) is 48.5 Å². The van der Waals surface area contributed by atoms with E-state index in [9.17, 15) is 9.59 Å². The number of likely N-dealkylation sites (N-methyl/N-ethyl adjacent to an activating group) is 1. The molecule has 2 aromatic carbocycles. The van der Waals surface area contributed by atoms with Crippen LogP contribution in [0, 0.1) is 5.41 Å². The highest BCUT2D eigenvalue weighted by Gasteiger charge is 2.49. The predicted octanol–water partition coefficient (Wildman–Crippen LogP) is 5.25. The number of imidazole rings is 1. The number of hydrogen-bond acceptors (Lipinski definition) is 8. The van der Waals surface area contributed by atoms with Crippen molar-refractivity contribution in [2.45, 2.75) is 19.6 Å². The van der Waals surface area contributed by atoms with E-state index >= 15 is 0 Å². The van der Waals surface area contributed by atoms with Crippen LogP contribution in [0.5, 0.6) is 5.88 Å². The first-order valence-corrected chi connectivity index (χ1v) is 16.2. The van der Waals surface area contributed by atoms with Gasteiger partial charge in [0.15, 0.2) is 5.82 Å². The molecule has 2 fully saturated rings. The molecule has 3 aliphatic rings. The number of hydrogen-bond donors (Lipinski definition) is 2. The van der Waals surface area contributed by atoms with Gasteiger partial charge in [-0.1, -0.05) is 53.5 Å². The van der Waals surface area contributed by atoms with E-state index in [1.807, 2.05) is 61.1 Å². The number of nitrogens with one attached hydrogen (secondary N) is 2. The number of ether oxygens (including phenoxy) is 2. The number of amides is 2. The first-order valence-electron chi connectivity index (χ1n) is 15.4. The van der Waals surface area contributed by atoms with E-state index in [-0.39, 0.29) is 24.0 Å². The highest BCUT2D eigenvalue weighted by molar-refractivity contribution is 6.39. The molecule has 4 aromatic rings. The Morgan fingerprint density at radius 2 is 1.70 bits per heavy atom. The van der Waals surface area contributed by atoms with E-state index in [0.717, 1.165) is 37.4 Å². The Morgan fingerprint density at radius 1 is 0.979 bits per heavy atom. The molecule has 7 rings (SSSR count). The van der Waals surface area contributed by atoms with Crippen LogP contribution in [-0.2, 0) is 31.4 Å². The van der Waals surface area contributed by atoms with Gasteiger partial charge >= 0.3 is 6.09 Å². The summed E-state index contributed by atoms with van der Waals surface area (Å²) in [5, 5.41) is 6.99. The summed E-state index contributed by atoms with van der Waals surface area (Å²) in [5.74, 6) is 0.338. The van der Waals surface area contributed by atoms with E-state index in [4.69, 9.17) is 37.7 Å². The molecule has 2 saturated heterocycles. The normalized spacial score (nSPS) is 16.7. The standard InChI is InChI=1S/C34H35Cl2N7O4/c1-41-13-12-27-26(14-41)38-30(42(27)2)31(44)39-25-9-5-7-22(29(25)36)21-6-4-8-23(28(21)35)24-11-10-20(32(40-24)46-3)15-47-33(45)43-18-34(19-43)16-37-17-34/h4-11,37H,12-19H2,1-3H3,(H,39,44). The van der Waals surface area contributed by atoms with Crippen LogP contribution in [0.25, 0.3) is 22.4 Å². The Balaban J connectivity index is 1.09. The van der Waals surface area contributed by atoms with E-state index < -0.39 is 0 Å². The first-order chi connectivity index (χ1) is 22.7. The lowest BCUT2D eigenvalue weighted by molar-refractivity contribution is -0.0366. The largest absolute Gasteiger partial charge is 0.481 e. The molecule has 0 atom stereocenters. The number of anilines is 1. The number of nitrogens with zero attached hydrogens (tertiary/aromatic N) is 5. The third-order valence-corrected chi connectivity index (χ3v) is 10.1. The highest BCUT2D eigenvalue weighted by Crippen LogP contribution is 2.42. The molecule has 11 nitrogen and oxygen atoms in total. The maximum absolute atomic E-state index is 13.4. The topological polar surface area (TPSA) is 114 Å². The van der Waals surface area contributed by atoms with Crippen molar-refractivity contribution in [1.29, 1.82) is 0 Å². The quantitative estimate of drug-likeness (QED) is 0.273. The van der Waals surface area contributed by atoms with Gasteiger partial charge in [0.2, 0.25) is 5.88 Å². The molecule has 244 valence electrons. The van der Waals surface area contributed by atoms with Crippen LogP contribution in [-0.4, -0.2) is 83.2 Å². The molecule has 47 heavy (non-hydrogen) atoms. The molecule has 2 N–H and O–H groups in total. The minimum atomic E-state index is -0.341. The van der Waals surface area contributed by atoms with E-state index in [2.05, 4.69) is 20.5 Å². The number of carbonyl (C=O) groups is 2. The van der Waals surface area contributed by atoms with Crippen molar-refractivity contribution < 1.29 is 19.1 Å². The first kappa shape index (κ1) is 31.4. The van der Waals surface area contributed by atoms with Crippen molar-refractivity contribution in [3.05, 3.63) is 81.4 Å². The Kier molecular flexibility index (Phi) is 8.33. The van der Waals surface area contributed by atoms with Crippen LogP contribution >= 0.6 is 23.2 Å². The van der Waals surface area contributed by atoms with E-state index in [1.165, 1.54) is 7.11 Å². The zero-order valence-corrected chi connectivity index (χ0v) is 27.9. The Hall–Kier alpha value is -4.16. The number of pyridine rings is 1. The van der Waals surface area contributed by atoms with Gasteiger partial charge in [0.1, 0.15) is 6.61 Å². The van der Waals surface area contributed by atoms with Gasteiger partial charge in [-0.2, -0.15) is 0 Å². The number of carbonyl (C=O) groups excluding carboxylic acids is 2. The minimum Gasteiger partial charge on any atom is -0.481 e. The van der Waals surface area contributed by atoms with Gasteiger partial charge in [0, 0.05) is 80.5 Å². The fourth-order valence-corrected chi connectivity index (χ4v) is 7.15. The third kappa shape index (κ3) is 5.82. The Bertz CT molecular complexity index is 1880. The summed E-state index contributed by atoms with van der Waals surface area (Å²) in [6.07, 6.45) is 0.494. The lowest BCUT2D eigenvalue weighted by atomic mass is 9.75. The molecule has 0 aliphatic carbocycles. The van der Waals surface area contributed by atoms with Gasteiger partial charge in [-0.15, -0.1) is 0 Å². The maximum Gasteiger partial charge on any atom is 0.410 e. The number of benzene rings is 2. The summed E-state index contributed by atoms with van der Waals surface area (Å²) in [6, 6.07) is 14.7. The summed E-state index contributed by atoms with van der Waals surface area (Å²) in [5.41, 5.74) is 5.88. The van der Waals surface area contributed by atoms with Crippen molar-refractivity contribution in [3.8, 4) is 28.3 Å². The van der Waals surface area contributed by atoms with Crippen LogP contribution in [0.3, 0.4) is 0 Å². The number of aromatic nitrogens is 3. The lowest BCUT2D eigenvalue weighted by Gasteiger charge is -2.55. The van der Waals surface area contributed by atoms with E-state index in [0.29, 0.717) is 75.0 Å². The summed E-state index contributed by atoms with van der Waals surface area (Å²) in [7, 11) is 5.43. The van der Waals surface area contributed by atoms with Gasteiger partial charge in [-0.05, 0) is 25.2 Å². The second-order valence-electron chi connectivity index (χ2n) is 12.5. The number of fused-ring (bicyclic) bond motifs is 1. The number of methoxy groups -OCH3 is 1. The van der Waals surface area contributed by atoms with Gasteiger partial charge < -0.3 is 34.5 Å². The molecule has 0 saturated carbocycles.